The molecule has 294 valence electrons. The highest BCUT2D eigenvalue weighted by atomic mass is 33.1. The lowest BCUT2D eigenvalue weighted by molar-refractivity contribution is -0.284. The molecule has 1 spiro atoms. The summed E-state index contributed by atoms with van der Waals surface area (Å²) < 4.78 is 26.3. The molecule has 9 nitrogen and oxygen atoms in total. The lowest BCUT2D eigenvalue weighted by Gasteiger charge is -2.58. The van der Waals surface area contributed by atoms with E-state index in [1.165, 1.54) is 37.0 Å². The number of ether oxygens (including phenoxy) is 4. The highest BCUT2D eigenvalue weighted by molar-refractivity contribution is 8.77. The molecule has 0 bridgehead atoms. The zero-order valence-electron chi connectivity index (χ0n) is 31.9. The van der Waals surface area contributed by atoms with E-state index in [1.807, 2.05) is 21.6 Å². The maximum absolute atomic E-state index is 13.1. The van der Waals surface area contributed by atoms with Crippen LogP contribution >= 0.6 is 21.6 Å². The first-order chi connectivity index (χ1) is 25.0. The van der Waals surface area contributed by atoms with E-state index in [2.05, 4.69) is 39.1 Å². The van der Waals surface area contributed by atoms with E-state index in [4.69, 9.17) is 18.9 Å². The van der Waals surface area contributed by atoms with Crippen LogP contribution in [0.4, 0.5) is 0 Å². The van der Waals surface area contributed by atoms with Crippen LogP contribution in [0.5, 0.6) is 0 Å². The van der Waals surface area contributed by atoms with Crippen LogP contribution in [0.3, 0.4) is 0 Å². The van der Waals surface area contributed by atoms with Crippen LogP contribution in [-0.2, 0) is 23.7 Å². The summed E-state index contributed by atoms with van der Waals surface area (Å²) in [4.78, 5) is 13.1. The van der Waals surface area contributed by atoms with Gasteiger partial charge in [0.25, 0.3) is 0 Å². The van der Waals surface area contributed by atoms with Crippen LogP contribution in [0, 0.1) is 46.3 Å². The predicted molar refractivity (Wildman–Crippen MR) is 203 cm³/mol. The van der Waals surface area contributed by atoms with Crippen molar-refractivity contribution >= 4 is 27.5 Å². The molecule has 11 heteroatoms. The Balaban J connectivity index is 0.910. The normalized spacial score (nSPS) is 51.3. The molecule has 4 heterocycles. The van der Waals surface area contributed by atoms with Crippen LogP contribution < -0.4 is 5.32 Å². The molecular formula is C41H65NO8S2. The summed E-state index contributed by atoms with van der Waals surface area (Å²) in [5, 5.41) is 35.5. The largest absolute Gasteiger partial charge is 0.394 e. The van der Waals surface area contributed by atoms with Gasteiger partial charge in [0.2, 0.25) is 5.91 Å². The number of hydrogen-bond donors (Lipinski definition) is 4. The van der Waals surface area contributed by atoms with Crippen LogP contribution in [0.2, 0.25) is 0 Å². The molecule has 1 amide bonds. The minimum atomic E-state index is -1.32. The van der Waals surface area contributed by atoms with Crippen molar-refractivity contribution in [3.8, 4) is 0 Å². The van der Waals surface area contributed by atoms with Crippen LogP contribution in [0.1, 0.15) is 118 Å². The molecule has 4 saturated heterocycles. The summed E-state index contributed by atoms with van der Waals surface area (Å²) in [5.41, 5.74) is 1.89. The summed E-state index contributed by atoms with van der Waals surface area (Å²) in [7, 11) is 3.90. The minimum Gasteiger partial charge on any atom is -0.394 e. The summed E-state index contributed by atoms with van der Waals surface area (Å²) in [6.45, 7) is 10.2. The van der Waals surface area contributed by atoms with Gasteiger partial charge in [0.1, 0.15) is 24.4 Å². The Bertz CT molecular complexity index is 1320. The van der Waals surface area contributed by atoms with E-state index >= 15 is 0 Å². The number of hydrogen-bond acceptors (Lipinski definition) is 10. The summed E-state index contributed by atoms with van der Waals surface area (Å²) in [6.07, 6.45) is 12.3. The summed E-state index contributed by atoms with van der Waals surface area (Å²) in [6, 6.07) is -0.908. The average molecular weight is 764 g/mol. The van der Waals surface area contributed by atoms with Gasteiger partial charge in [-0.25, -0.2) is 0 Å². The van der Waals surface area contributed by atoms with Crippen molar-refractivity contribution in [2.24, 2.45) is 46.3 Å². The maximum Gasteiger partial charge on any atom is 0.220 e. The number of nitrogens with one attached hydrogen (secondary N) is 1. The SMILES string of the molecule is C[C@@H]1CC[C@@]2(OC1)O[C@H]1C[C@H]3[C@@H]4CC=C5C[C@@H](O[C@@H]6O[C@H](CO)[C@@H](O)[C@H](O)[C@H]6NC(=O)CCCCC6CCSS6)CC[C@]5(C)[C@H]4CC[C@]3(C)[C@H]1[C@@H]2C. The standard InChI is InChI=1S/C41H65NO8S2/c1-23-11-17-41(47-22-23)24(2)34-31(50-41)20-30-28-10-9-25-19-26(12-15-39(25,3)29(28)13-16-40(30,34)4)48-38-35(37(46)36(45)32(21-43)49-38)42-33(44)8-6-5-7-27-14-18-51-52-27/h9,23-24,26-32,34-38,43,45-46H,5-8,10-22H2,1-4H3,(H,42,44)/t23-,24+,26+,27?,28-,29+,30+,31+,32-,34+,35-,36-,37-,38-,39+,40+,41-/m1/s1. The molecule has 0 aromatic carbocycles. The molecule has 0 aromatic rings. The zero-order chi connectivity index (χ0) is 36.4. The third kappa shape index (κ3) is 6.77. The Kier molecular flexibility index (Phi) is 11.2. The van der Waals surface area contributed by atoms with Crippen molar-refractivity contribution in [3.05, 3.63) is 11.6 Å². The Morgan fingerprint density at radius 3 is 2.65 bits per heavy atom. The highest BCUT2D eigenvalue weighted by Crippen LogP contribution is 2.70. The van der Waals surface area contributed by atoms with Gasteiger partial charge in [0.05, 0.1) is 25.4 Å². The molecule has 7 fully saturated rings. The predicted octanol–water partition coefficient (Wildman–Crippen LogP) is 6.38. The topological polar surface area (TPSA) is 127 Å². The van der Waals surface area contributed by atoms with Crippen molar-refractivity contribution in [1.29, 1.82) is 0 Å². The Morgan fingerprint density at radius 1 is 1.06 bits per heavy atom. The first kappa shape index (κ1) is 38.5. The molecule has 0 radical (unpaired) electrons. The Labute approximate surface area is 319 Å². The van der Waals surface area contributed by atoms with Crippen LogP contribution in [0.15, 0.2) is 11.6 Å². The molecule has 0 aromatic heterocycles. The van der Waals surface area contributed by atoms with E-state index in [0.717, 1.165) is 64.4 Å². The average Bonchev–Trinajstić information content (AvgIpc) is 3.82. The second kappa shape index (κ2) is 15.2. The molecule has 1 unspecified atom stereocenters. The molecule has 8 rings (SSSR count). The second-order valence-electron chi connectivity index (χ2n) is 18.7. The fraction of sp³-hybridized carbons (Fsp3) is 0.927. The number of rotatable bonds is 9. The molecule has 4 N–H and O–H groups in total. The fourth-order valence-electron chi connectivity index (χ4n) is 12.8. The van der Waals surface area contributed by atoms with E-state index < -0.39 is 37.3 Å². The molecule has 4 aliphatic carbocycles. The third-order valence-electron chi connectivity index (χ3n) is 15.8. The van der Waals surface area contributed by atoms with Gasteiger partial charge in [-0.05, 0) is 111 Å². The number of aliphatic hydroxyl groups excluding tert-OH is 3. The Morgan fingerprint density at radius 2 is 1.90 bits per heavy atom. The van der Waals surface area contributed by atoms with Gasteiger partial charge < -0.3 is 39.6 Å². The molecule has 52 heavy (non-hydrogen) atoms. The fourth-order valence-corrected chi connectivity index (χ4v) is 15.8. The van der Waals surface area contributed by atoms with Gasteiger partial charge in [-0.2, -0.15) is 0 Å². The smallest absolute Gasteiger partial charge is 0.220 e. The summed E-state index contributed by atoms with van der Waals surface area (Å²) in [5.74, 6) is 4.23. The first-order valence-corrected chi connectivity index (χ1v) is 23.2. The summed E-state index contributed by atoms with van der Waals surface area (Å²) >= 11 is 0. The van der Waals surface area contributed by atoms with E-state index in [0.29, 0.717) is 53.3 Å². The lowest BCUT2D eigenvalue weighted by Crippen LogP contribution is -2.65. The minimum absolute atomic E-state index is 0.123. The maximum atomic E-state index is 13.1. The number of carbonyl (C=O) groups excluding carboxylic acids is 1. The number of unbranched alkanes of at least 4 members (excludes halogenated alkanes) is 1. The monoisotopic (exact) mass is 763 g/mol. The number of allylic oxidation sites excluding steroid dienone is 1. The van der Waals surface area contributed by atoms with Crippen molar-refractivity contribution in [2.45, 2.75) is 171 Å². The van der Waals surface area contributed by atoms with E-state index in [1.54, 1.807) is 0 Å². The first-order valence-electron chi connectivity index (χ1n) is 20.8. The lowest BCUT2D eigenvalue weighted by atomic mass is 9.47. The molecule has 17 atom stereocenters. The van der Waals surface area contributed by atoms with Gasteiger partial charge in [0, 0.05) is 29.8 Å². The third-order valence-corrected chi connectivity index (χ3v) is 18.8. The van der Waals surface area contributed by atoms with Crippen molar-refractivity contribution in [2.75, 3.05) is 19.0 Å². The second-order valence-corrected chi connectivity index (χ2v) is 21.4. The number of aliphatic hydroxyl groups is 3. The van der Waals surface area contributed by atoms with Crippen LogP contribution in [-0.4, -0.2) is 94.1 Å². The van der Waals surface area contributed by atoms with Gasteiger partial charge in [0.15, 0.2) is 12.1 Å². The molecule has 4 aliphatic heterocycles. The van der Waals surface area contributed by atoms with Gasteiger partial charge in [-0.15, -0.1) is 0 Å². The number of amides is 1. The number of fused-ring (bicyclic) bond motifs is 7. The van der Waals surface area contributed by atoms with E-state index in [9.17, 15) is 20.1 Å². The molecule has 8 aliphatic rings. The van der Waals surface area contributed by atoms with Crippen molar-refractivity contribution in [3.63, 3.8) is 0 Å². The molecule has 3 saturated carbocycles. The van der Waals surface area contributed by atoms with Gasteiger partial charge in [-0.3, -0.25) is 4.79 Å². The number of carbonyl (C=O) groups is 1. The van der Waals surface area contributed by atoms with Crippen LogP contribution in [0.25, 0.3) is 0 Å². The molecular weight excluding hydrogens is 699 g/mol. The van der Waals surface area contributed by atoms with Crippen molar-refractivity contribution < 1.29 is 39.1 Å². The van der Waals surface area contributed by atoms with E-state index in [-0.39, 0.29) is 28.6 Å². The highest BCUT2D eigenvalue weighted by Gasteiger charge is 2.68. The Hall–Kier alpha value is -0.370. The van der Waals surface area contributed by atoms with Gasteiger partial charge >= 0.3 is 0 Å². The quantitative estimate of drug-likeness (QED) is 0.120. The van der Waals surface area contributed by atoms with Gasteiger partial charge in [-0.1, -0.05) is 67.4 Å². The zero-order valence-corrected chi connectivity index (χ0v) is 33.5. The van der Waals surface area contributed by atoms with Crippen molar-refractivity contribution in [1.82, 2.24) is 5.32 Å².